The molecule has 0 atom stereocenters. The quantitative estimate of drug-likeness (QED) is 0.739. The van der Waals surface area contributed by atoms with Crippen molar-refractivity contribution >= 4 is 15.7 Å². The third-order valence-electron chi connectivity index (χ3n) is 3.59. The lowest BCUT2D eigenvalue weighted by molar-refractivity contribution is 0.390. The second-order valence-electron chi connectivity index (χ2n) is 5.67. The Morgan fingerprint density at radius 2 is 1.80 bits per heavy atom. The Morgan fingerprint density at radius 1 is 1.04 bits per heavy atom. The van der Waals surface area contributed by atoms with Crippen LogP contribution in [0.4, 0.5) is 5.69 Å². The van der Waals surface area contributed by atoms with E-state index in [9.17, 15) is 8.42 Å². The monoisotopic (exact) mass is 358 g/mol. The van der Waals surface area contributed by atoms with E-state index in [-0.39, 0.29) is 10.7 Å². The van der Waals surface area contributed by atoms with E-state index in [1.165, 1.54) is 0 Å². The number of anilines is 1. The highest BCUT2D eigenvalue weighted by atomic mass is 32.2. The van der Waals surface area contributed by atoms with Gasteiger partial charge in [0.2, 0.25) is 0 Å². The molecule has 0 aliphatic rings. The Bertz CT molecular complexity index is 990. The zero-order chi connectivity index (χ0) is 18.0. The summed E-state index contributed by atoms with van der Waals surface area (Å²) in [6.07, 6.45) is 0. The smallest absolute Gasteiger partial charge is 0.267 e. The van der Waals surface area contributed by atoms with Gasteiger partial charge in [0.05, 0.1) is 5.69 Å². The normalized spacial score (nSPS) is 11.3. The number of aryl methyl sites for hydroxylation is 3. The van der Waals surface area contributed by atoms with Crippen LogP contribution in [0.25, 0.3) is 0 Å². The molecule has 0 aliphatic carbocycles. The maximum absolute atomic E-state index is 12.7. The standard InChI is InChI=1S/C18H18N2O4S/c1-12-7-6-8-15(11-12)23-17-10-5-4-9-16(17)20-25(21,22)18-13(2)19-24-14(18)3/h4-11,20H,1-3H3. The minimum absolute atomic E-state index is 0.0397. The number of nitrogens with one attached hydrogen (secondary N) is 1. The number of aromatic nitrogens is 1. The van der Waals surface area contributed by atoms with Gasteiger partial charge in [-0.15, -0.1) is 0 Å². The zero-order valence-electron chi connectivity index (χ0n) is 14.1. The van der Waals surface area contributed by atoms with Gasteiger partial charge >= 0.3 is 0 Å². The van der Waals surface area contributed by atoms with Gasteiger partial charge in [0.1, 0.15) is 11.4 Å². The first-order valence-electron chi connectivity index (χ1n) is 7.66. The maximum atomic E-state index is 12.7. The van der Waals surface area contributed by atoms with Gasteiger partial charge in [-0.1, -0.05) is 29.4 Å². The molecule has 3 rings (SSSR count). The molecule has 0 spiro atoms. The summed E-state index contributed by atoms with van der Waals surface area (Å²) in [6.45, 7) is 5.10. The third kappa shape index (κ3) is 3.66. The first-order valence-corrected chi connectivity index (χ1v) is 9.14. The average molecular weight is 358 g/mol. The highest BCUT2D eigenvalue weighted by Crippen LogP contribution is 2.32. The molecule has 0 unspecified atom stereocenters. The van der Waals surface area contributed by atoms with E-state index in [2.05, 4.69) is 9.88 Å². The molecule has 0 radical (unpaired) electrons. The molecule has 1 aromatic heterocycles. The number of hydrogen-bond acceptors (Lipinski definition) is 5. The molecule has 0 saturated carbocycles. The van der Waals surface area contributed by atoms with Crippen LogP contribution >= 0.6 is 0 Å². The lowest BCUT2D eigenvalue weighted by atomic mass is 10.2. The van der Waals surface area contributed by atoms with Crippen LogP contribution in [0.1, 0.15) is 17.0 Å². The first kappa shape index (κ1) is 17.0. The summed E-state index contributed by atoms with van der Waals surface area (Å²) in [5.74, 6) is 1.27. The molecule has 0 aliphatic heterocycles. The molecule has 25 heavy (non-hydrogen) atoms. The predicted molar refractivity (Wildman–Crippen MR) is 94.5 cm³/mol. The highest BCUT2D eigenvalue weighted by Gasteiger charge is 2.25. The van der Waals surface area contributed by atoms with Crippen molar-refractivity contribution in [3.63, 3.8) is 0 Å². The Kier molecular flexibility index (Phi) is 4.50. The Labute approximate surface area is 146 Å². The first-order chi connectivity index (χ1) is 11.9. The van der Waals surface area contributed by atoms with Crippen LogP contribution in [0.15, 0.2) is 57.9 Å². The van der Waals surface area contributed by atoms with Crippen LogP contribution in [0.5, 0.6) is 11.5 Å². The summed E-state index contributed by atoms with van der Waals surface area (Å²) in [6, 6.07) is 14.4. The van der Waals surface area contributed by atoms with Crippen molar-refractivity contribution in [3.8, 4) is 11.5 Å². The van der Waals surface area contributed by atoms with Crippen molar-refractivity contribution in [3.05, 3.63) is 65.5 Å². The molecule has 0 amide bonds. The van der Waals surface area contributed by atoms with Crippen molar-refractivity contribution in [2.24, 2.45) is 0 Å². The minimum atomic E-state index is -3.84. The van der Waals surface area contributed by atoms with Gasteiger partial charge in [-0.25, -0.2) is 8.42 Å². The fraction of sp³-hybridized carbons (Fsp3) is 0.167. The molecule has 0 saturated heterocycles. The van der Waals surface area contributed by atoms with Crippen LogP contribution in [0.3, 0.4) is 0 Å². The van der Waals surface area contributed by atoms with Gasteiger partial charge in [0.25, 0.3) is 10.0 Å². The number of rotatable bonds is 5. The Balaban J connectivity index is 1.94. The van der Waals surface area contributed by atoms with Gasteiger partial charge < -0.3 is 9.26 Å². The summed E-state index contributed by atoms with van der Waals surface area (Å²) in [7, 11) is -3.84. The predicted octanol–water partition coefficient (Wildman–Crippen LogP) is 4.19. The Hall–Kier alpha value is -2.80. The van der Waals surface area contributed by atoms with E-state index in [1.54, 1.807) is 38.1 Å². The summed E-state index contributed by atoms with van der Waals surface area (Å²) in [4.78, 5) is 0.0397. The summed E-state index contributed by atoms with van der Waals surface area (Å²) < 4.78 is 38.8. The van der Waals surface area contributed by atoms with Gasteiger partial charge in [-0.3, -0.25) is 4.72 Å². The molecule has 0 fully saturated rings. The number of para-hydroxylation sites is 2. The van der Waals surface area contributed by atoms with E-state index < -0.39 is 10.0 Å². The van der Waals surface area contributed by atoms with Gasteiger partial charge in [-0.2, -0.15) is 0 Å². The fourth-order valence-electron chi connectivity index (χ4n) is 2.50. The molecule has 1 heterocycles. The molecule has 130 valence electrons. The fourth-order valence-corrected chi connectivity index (χ4v) is 3.90. The second-order valence-corrected chi connectivity index (χ2v) is 7.29. The molecule has 2 aromatic carbocycles. The van der Waals surface area contributed by atoms with Crippen molar-refractivity contribution in [2.45, 2.75) is 25.7 Å². The van der Waals surface area contributed by atoms with E-state index in [0.29, 0.717) is 22.9 Å². The molecule has 1 N–H and O–H groups in total. The van der Waals surface area contributed by atoms with E-state index in [0.717, 1.165) is 5.56 Å². The molecule has 3 aromatic rings. The molecule has 7 heteroatoms. The van der Waals surface area contributed by atoms with E-state index in [1.807, 2.05) is 31.2 Å². The maximum Gasteiger partial charge on any atom is 0.267 e. The molecule has 6 nitrogen and oxygen atoms in total. The van der Waals surface area contributed by atoms with Crippen LogP contribution in [-0.2, 0) is 10.0 Å². The van der Waals surface area contributed by atoms with Crippen molar-refractivity contribution in [2.75, 3.05) is 4.72 Å². The number of hydrogen-bond donors (Lipinski definition) is 1. The minimum Gasteiger partial charge on any atom is -0.455 e. The number of sulfonamides is 1. The average Bonchev–Trinajstić information content (AvgIpc) is 2.89. The van der Waals surface area contributed by atoms with E-state index >= 15 is 0 Å². The molecule has 0 bridgehead atoms. The van der Waals surface area contributed by atoms with Crippen molar-refractivity contribution < 1.29 is 17.7 Å². The number of ether oxygens (including phenoxy) is 1. The largest absolute Gasteiger partial charge is 0.455 e. The summed E-state index contributed by atoms with van der Waals surface area (Å²) in [5, 5.41) is 3.70. The van der Waals surface area contributed by atoms with Gasteiger partial charge in [0.15, 0.2) is 16.4 Å². The molecular formula is C18H18N2O4S. The number of nitrogens with zero attached hydrogens (tertiary/aromatic N) is 1. The summed E-state index contributed by atoms with van der Waals surface area (Å²) >= 11 is 0. The van der Waals surface area contributed by atoms with E-state index in [4.69, 9.17) is 9.26 Å². The van der Waals surface area contributed by atoms with Crippen LogP contribution in [0.2, 0.25) is 0 Å². The van der Waals surface area contributed by atoms with Gasteiger partial charge in [0, 0.05) is 0 Å². The van der Waals surface area contributed by atoms with Crippen LogP contribution in [-0.4, -0.2) is 13.6 Å². The lowest BCUT2D eigenvalue weighted by Crippen LogP contribution is -2.15. The zero-order valence-corrected chi connectivity index (χ0v) is 14.9. The topological polar surface area (TPSA) is 81.4 Å². The number of benzene rings is 2. The second kappa shape index (κ2) is 6.60. The van der Waals surface area contributed by atoms with Crippen molar-refractivity contribution in [1.82, 2.24) is 5.16 Å². The van der Waals surface area contributed by atoms with Crippen LogP contribution in [0, 0.1) is 20.8 Å². The van der Waals surface area contributed by atoms with Crippen molar-refractivity contribution in [1.29, 1.82) is 0 Å². The van der Waals surface area contributed by atoms with Gasteiger partial charge in [-0.05, 0) is 50.6 Å². The molecular weight excluding hydrogens is 340 g/mol. The Morgan fingerprint density at radius 3 is 2.48 bits per heavy atom. The third-order valence-corrected chi connectivity index (χ3v) is 5.19. The van der Waals surface area contributed by atoms with Crippen LogP contribution < -0.4 is 9.46 Å². The highest BCUT2D eigenvalue weighted by molar-refractivity contribution is 7.92. The lowest BCUT2D eigenvalue weighted by Gasteiger charge is -2.13. The summed E-state index contributed by atoms with van der Waals surface area (Å²) in [5.41, 5.74) is 1.69. The SMILES string of the molecule is Cc1cccc(Oc2ccccc2NS(=O)(=O)c2c(C)noc2C)c1.